The van der Waals surface area contributed by atoms with Crippen LogP contribution in [-0.4, -0.2) is 9.13 Å². The summed E-state index contributed by atoms with van der Waals surface area (Å²) >= 11 is 0. The molecule has 8 aromatic rings. The van der Waals surface area contributed by atoms with E-state index in [1.807, 2.05) is 85.4 Å². The van der Waals surface area contributed by atoms with Crippen molar-refractivity contribution in [1.82, 2.24) is 9.13 Å². The van der Waals surface area contributed by atoms with E-state index in [0.29, 0.717) is 22.5 Å². The van der Waals surface area contributed by atoms with Gasteiger partial charge in [0.2, 0.25) is 0 Å². The number of nitrogens with zero attached hydrogens (tertiary/aromatic N) is 4. The van der Waals surface area contributed by atoms with Crippen LogP contribution < -0.4 is 0 Å². The van der Waals surface area contributed by atoms with E-state index in [-0.39, 0.29) is 11.3 Å². The molecule has 0 unspecified atom stereocenters. The Hall–Kier alpha value is -6.31. The summed E-state index contributed by atoms with van der Waals surface area (Å²) in [7, 11) is 0. The molecule has 8 rings (SSSR count). The lowest BCUT2D eigenvalue weighted by Crippen LogP contribution is -2.07. The molecule has 50 heavy (non-hydrogen) atoms. The molecular formula is C43H29F3N4. The number of hydrogen-bond acceptors (Lipinski definition) is 1. The van der Waals surface area contributed by atoms with Crippen molar-refractivity contribution in [3.63, 3.8) is 0 Å². The highest BCUT2D eigenvalue weighted by atomic mass is 19.4. The Morgan fingerprint density at radius 2 is 0.980 bits per heavy atom. The molecular weight excluding hydrogens is 629 g/mol. The molecule has 0 aliphatic rings. The molecule has 2 heterocycles. The highest BCUT2D eigenvalue weighted by molar-refractivity contribution is 6.12. The molecule has 6 aromatic carbocycles. The van der Waals surface area contributed by atoms with E-state index in [2.05, 4.69) is 35.2 Å². The summed E-state index contributed by atoms with van der Waals surface area (Å²) in [6.45, 7) is 15.9. The van der Waals surface area contributed by atoms with Gasteiger partial charge >= 0.3 is 6.18 Å². The van der Waals surface area contributed by atoms with Crippen LogP contribution >= 0.6 is 0 Å². The molecule has 0 bridgehead atoms. The second-order valence-corrected chi connectivity index (χ2v) is 13.1. The number of rotatable bonds is 3. The van der Waals surface area contributed by atoms with Crippen LogP contribution in [0.5, 0.6) is 0 Å². The Morgan fingerprint density at radius 3 is 1.32 bits per heavy atom. The van der Waals surface area contributed by atoms with Gasteiger partial charge in [-0.25, -0.2) is 4.85 Å². The van der Waals surface area contributed by atoms with Crippen LogP contribution in [0.3, 0.4) is 0 Å². The van der Waals surface area contributed by atoms with Gasteiger partial charge in [-0.3, -0.25) is 0 Å². The highest BCUT2D eigenvalue weighted by Crippen LogP contribution is 2.45. The minimum atomic E-state index is -4.69. The molecule has 7 heteroatoms. The fraction of sp³-hybridized carbons (Fsp3) is 0.116. The summed E-state index contributed by atoms with van der Waals surface area (Å²) in [6, 6.07) is 33.9. The molecule has 0 saturated heterocycles. The Labute approximate surface area is 286 Å². The summed E-state index contributed by atoms with van der Waals surface area (Å²) in [5, 5.41) is 14.5. The first-order chi connectivity index (χ1) is 23.9. The van der Waals surface area contributed by atoms with Crippen molar-refractivity contribution in [3.8, 4) is 28.6 Å². The first-order valence-electron chi connectivity index (χ1n) is 16.2. The average molecular weight is 659 g/mol. The minimum Gasteiger partial charge on any atom is -0.308 e. The predicted molar refractivity (Wildman–Crippen MR) is 195 cm³/mol. The number of benzene rings is 6. The van der Waals surface area contributed by atoms with E-state index in [9.17, 15) is 18.4 Å². The lowest BCUT2D eigenvalue weighted by molar-refractivity contribution is -0.137. The molecule has 0 amide bonds. The van der Waals surface area contributed by atoms with Gasteiger partial charge in [0, 0.05) is 32.7 Å². The predicted octanol–water partition coefficient (Wildman–Crippen LogP) is 12.2. The molecule has 0 N–H and O–H groups in total. The van der Waals surface area contributed by atoms with Gasteiger partial charge in [0.05, 0.1) is 51.6 Å². The Balaban J connectivity index is 1.63. The number of halogens is 3. The molecule has 4 nitrogen and oxygen atoms in total. The van der Waals surface area contributed by atoms with Crippen LogP contribution in [0.2, 0.25) is 0 Å². The Kier molecular flexibility index (Phi) is 6.89. The average Bonchev–Trinajstić information content (AvgIpc) is 3.57. The van der Waals surface area contributed by atoms with E-state index < -0.39 is 11.7 Å². The molecule has 0 atom stereocenters. The van der Waals surface area contributed by atoms with E-state index in [4.69, 9.17) is 6.57 Å². The number of alkyl halides is 3. The summed E-state index contributed by atoms with van der Waals surface area (Å²) in [5.41, 5.74) is 8.76. The number of nitriles is 1. The second-order valence-electron chi connectivity index (χ2n) is 13.1. The summed E-state index contributed by atoms with van der Waals surface area (Å²) in [6.07, 6.45) is -4.69. The van der Waals surface area contributed by atoms with Gasteiger partial charge in [0.15, 0.2) is 5.69 Å². The molecule has 2 aromatic heterocycles. The van der Waals surface area contributed by atoms with E-state index in [0.717, 1.165) is 78.0 Å². The van der Waals surface area contributed by atoms with Crippen molar-refractivity contribution in [2.45, 2.75) is 33.9 Å². The van der Waals surface area contributed by atoms with Gasteiger partial charge in [0.25, 0.3) is 0 Å². The molecule has 0 radical (unpaired) electrons. The summed E-state index contributed by atoms with van der Waals surface area (Å²) in [5.74, 6) is 0. The van der Waals surface area contributed by atoms with Crippen molar-refractivity contribution >= 4 is 49.3 Å². The number of aryl methyl sites for hydroxylation is 4. The molecule has 0 aliphatic heterocycles. The molecule has 0 spiro atoms. The van der Waals surface area contributed by atoms with Gasteiger partial charge in [-0.2, -0.15) is 18.4 Å². The second kappa shape index (κ2) is 11.1. The zero-order valence-electron chi connectivity index (χ0n) is 27.7. The van der Waals surface area contributed by atoms with Crippen molar-refractivity contribution in [2.24, 2.45) is 0 Å². The largest absolute Gasteiger partial charge is 0.415 e. The van der Waals surface area contributed by atoms with Crippen LogP contribution in [0.1, 0.15) is 33.4 Å². The smallest absolute Gasteiger partial charge is 0.308 e. The van der Waals surface area contributed by atoms with Gasteiger partial charge in [-0.1, -0.05) is 46.5 Å². The fourth-order valence-corrected chi connectivity index (χ4v) is 7.33. The number of hydrogen-bond donors (Lipinski definition) is 0. The first-order valence-corrected chi connectivity index (χ1v) is 16.2. The normalized spacial score (nSPS) is 11.9. The van der Waals surface area contributed by atoms with Gasteiger partial charge in [0.1, 0.15) is 0 Å². The van der Waals surface area contributed by atoms with Gasteiger partial charge in [-0.15, -0.1) is 0 Å². The van der Waals surface area contributed by atoms with Crippen LogP contribution in [0.4, 0.5) is 18.9 Å². The maximum atomic E-state index is 14.5. The lowest BCUT2D eigenvalue weighted by Gasteiger charge is -2.22. The molecule has 0 saturated carbocycles. The first kappa shape index (κ1) is 31.0. The minimum absolute atomic E-state index is 0.127. The lowest BCUT2D eigenvalue weighted by atomic mass is 9.95. The maximum Gasteiger partial charge on any atom is 0.415 e. The number of aromatic nitrogens is 2. The third-order valence-electron chi connectivity index (χ3n) is 9.52. The molecule has 242 valence electrons. The van der Waals surface area contributed by atoms with Crippen molar-refractivity contribution in [2.75, 3.05) is 0 Å². The number of fused-ring (bicyclic) bond motifs is 6. The summed E-state index contributed by atoms with van der Waals surface area (Å²) < 4.78 is 47.6. The maximum absolute atomic E-state index is 14.5. The van der Waals surface area contributed by atoms with E-state index in [1.54, 1.807) is 12.1 Å². The van der Waals surface area contributed by atoms with Gasteiger partial charge in [-0.05, 0) is 112 Å². The third-order valence-corrected chi connectivity index (χ3v) is 9.52. The summed E-state index contributed by atoms with van der Waals surface area (Å²) in [4.78, 5) is 3.47. The standard InChI is InChI=1S/C43H29F3N4/c1-24-6-10-36-32(14-24)33-15-25(2)7-11-37(33)49(36)40-18-28(23-47)19-41(42(40)29-20-30(43(44,45)46)22-31(21-29)48-5)50-38-12-8-26(3)16-34(38)35-17-27(4)9-13-39(35)50/h6-22H,1-4H3. The molecule has 0 aliphatic carbocycles. The fourth-order valence-electron chi connectivity index (χ4n) is 7.33. The van der Waals surface area contributed by atoms with Crippen LogP contribution in [0.25, 0.3) is 71.0 Å². The Bertz CT molecular complexity index is 2550. The molecule has 0 fully saturated rings. The monoisotopic (exact) mass is 658 g/mol. The van der Waals surface area contributed by atoms with Crippen molar-refractivity contribution in [3.05, 3.63) is 148 Å². The van der Waals surface area contributed by atoms with E-state index in [1.165, 1.54) is 6.07 Å². The van der Waals surface area contributed by atoms with Crippen molar-refractivity contribution < 1.29 is 13.2 Å². The van der Waals surface area contributed by atoms with Crippen LogP contribution in [-0.2, 0) is 6.18 Å². The van der Waals surface area contributed by atoms with Crippen LogP contribution in [0.15, 0.2) is 103 Å². The topological polar surface area (TPSA) is 38.0 Å². The van der Waals surface area contributed by atoms with Crippen molar-refractivity contribution in [1.29, 1.82) is 5.26 Å². The zero-order valence-corrected chi connectivity index (χ0v) is 27.7. The SMILES string of the molecule is [C-]#[N+]c1cc(-c2c(-n3c4ccc(C)cc4c4cc(C)ccc43)cc(C#N)cc2-n2c3ccc(C)cc3c3cc(C)ccc32)cc(C(F)(F)F)c1. The quantitative estimate of drug-likeness (QED) is 0.174. The van der Waals surface area contributed by atoms with Crippen LogP contribution in [0, 0.1) is 45.6 Å². The van der Waals surface area contributed by atoms with E-state index >= 15 is 0 Å². The van der Waals surface area contributed by atoms with Gasteiger partial charge < -0.3 is 9.13 Å². The third kappa shape index (κ3) is 4.82. The highest BCUT2D eigenvalue weighted by Gasteiger charge is 2.32. The zero-order chi connectivity index (χ0) is 35.1. The Morgan fingerprint density at radius 1 is 0.580 bits per heavy atom.